The smallest absolute Gasteiger partial charge is 0.259 e. The van der Waals surface area contributed by atoms with Crippen molar-refractivity contribution >= 4 is 0 Å². The molecule has 0 radical (unpaired) electrons. The average molecular weight is 274 g/mol. The van der Waals surface area contributed by atoms with Gasteiger partial charge in [0.2, 0.25) is 0 Å². The molecule has 1 rings (SSSR count). The van der Waals surface area contributed by atoms with Crippen molar-refractivity contribution in [3.63, 3.8) is 0 Å². The van der Waals surface area contributed by atoms with Crippen molar-refractivity contribution in [3.05, 3.63) is 40.7 Å². The number of benzene rings is 1. The summed E-state index contributed by atoms with van der Waals surface area (Å²) in [6, 6.07) is 6.16. The van der Waals surface area contributed by atoms with E-state index in [0.29, 0.717) is 0 Å². The molecule has 1 aromatic rings. The van der Waals surface area contributed by atoms with Crippen molar-refractivity contribution in [2.75, 3.05) is 20.7 Å². The highest BCUT2D eigenvalue weighted by molar-refractivity contribution is 5.41. The third-order valence-electron chi connectivity index (χ3n) is 4.05. The number of hydrogen-bond acceptors (Lipinski definition) is 2. The van der Waals surface area contributed by atoms with E-state index in [1.165, 1.54) is 0 Å². The first-order valence-corrected chi connectivity index (χ1v) is 7.20. The van der Waals surface area contributed by atoms with E-state index in [2.05, 4.69) is 36.1 Å². The van der Waals surface area contributed by atoms with Crippen LogP contribution in [0.3, 0.4) is 0 Å². The number of nitrogens with zero attached hydrogens (tertiary/aromatic N) is 1. The monoisotopic (exact) mass is 274 g/mol. The topological polar surface area (TPSA) is 25.6 Å². The standard InChI is InChI=1S/C17H26N2O/c1-13(2)17(19-5,10-7-11-18-4)15-9-8-14(3)16(12-15)20-6/h8-9,12-13,18H,7,10-11H2,1-4,6H3. The van der Waals surface area contributed by atoms with E-state index >= 15 is 0 Å². The van der Waals surface area contributed by atoms with Crippen molar-refractivity contribution in [3.8, 4) is 5.75 Å². The van der Waals surface area contributed by atoms with Crippen molar-refractivity contribution in [2.45, 2.75) is 39.2 Å². The van der Waals surface area contributed by atoms with Gasteiger partial charge in [-0.15, -0.1) is 0 Å². The maximum atomic E-state index is 7.76. The summed E-state index contributed by atoms with van der Waals surface area (Å²) >= 11 is 0. The molecule has 0 aliphatic heterocycles. The number of hydrogen-bond donors (Lipinski definition) is 1. The summed E-state index contributed by atoms with van der Waals surface area (Å²) in [6.07, 6.45) is 1.86. The quantitative estimate of drug-likeness (QED) is 0.605. The Bertz CT molecular complexity index is 476. The molecule has 0 saturated carbocycles. The lowest BCUT2D eigenvalue weighted by atomic mass is 9.77. The van der Waals surface area contributed by atoms with Crippen LogP contribution in [0.1, 0.15) is 37.8 Å². The summed E-state index contributed by atoms with van der Waals surface area (Å²) < 4.78 is 5.42. The van der Waals surface area contributed by atoms with Crippen molar-refractivity contribution in [1.29, 1.82) is 0 Å². The van der Waals surface area contributed by atoms with E-state index in [4.69, 9.17) is 11.3 Å². The minimum atomic E-state index is -0.460. The SMILES string of the molecule is [C-]#[N+]C(CCCNC)(c1ccc(C)c(OC)c1)C(C)C. The van der Waals surface area contributed by atoms with Crippen molar-refractivity contribution < 1.29 is 4.74 Å². The van der Waals surface area contributed by atoms with Crippen LogP contribution in [0.2, 0.25) is 0 Å². The molecule has 0 bridgehead atoms. The molecule has 0 saturated heterocycles. The maximum absolute atomic E-state index is 7.76. The van der Waals surface area contributed by atoms with Crippen LogP contribution in [-0.2, 0) is 5.54 Å². The molecule has 3 heteroatoms. The Balaban J connectivity index is 3.20. The van der Waals surface area contributed by atoms with E-state index in [-0.39, 0.29) is 5.92 Å². The van der Waals surface area contributed by atoms with Gasteiger partial charge in [0, 0.05) is 17.9 Å². The lowest BCUT2D eigenvalue weighted by Crippen LogP contribution is -2.29. The van der Waals surface area contributed by atoms with Gasteiger partial charge in [-0.25, -0.2) is 6.57 Å². The molecule has 0 aliphatic rings. The van der Waals surface area contributed by atoms with E-state index in [9.17, 15) is 0 Å². The number of rotatable bonds is 7. The first-order valence-electron chi connectivity index (χ1n) is 7.20. The number of nitrogens with one attached hydrogen (secondary N) is 1. The molecule has 20 heavy (non-hydrogen) atoms. The van der Waals surface area contributed by atoms with Gasteiger partial charge in [-0.1, -0.05) is 26.0 Å². The fourth-order valence-electron chi connectivity index (χ4n) is 2.64. The number of methoxy groups -OCH3 is 1. The van der Waals surface area contributed by atoms with Crippen LogP contribution in [0.15, 0.2) is 18.2 Å². The van der Waals surface area contributed by atoms with E-state index in [1.807, 2.05) is 20.0 Å². The molecule has 1 aromatic carbocycles. The molecule has 3 nitrogen and oxygen atoms in total. The van der Waals surface area contributed by atoms with Gasteiger partial charge < -0.3 is 14.9 Å². The highest BCUT2D eigenvalue weighted by atomic mass is 16.5. The zero-order valence-electron chi connectivity index (χ0n) is 13.3. The zero-order chi connectivity index (χ0) is 15.2. The van der Waals surface area contributed by atoms with Crippen LogP contribution in [0.5, 0.6) is 5.75 Å². The molecule has 1 unspecified atom stereocenters. The molecule has 0 fully saturated rings. The Labute approximate surface area is 123 Å². The van der Waals surface area contributed by atoms with Gasteiger partial charge in [0.15, 0.2) is 0 Å². The molecule has 1 atom stereocenters. The molecular weight excluding hydrogens is 248 g/mol. The van der Waals surface area contributed by atoms with E-state index in [1.54, 1.807) is 7.11 Å². The third-order valence-corrected chi connectivity index (χ3v) is 4.05. The molecule has 0 spiro atoms. The van der Waals surface area contributed by atoms with Gasteiger partial charge in [0.25, 0.3) is 5.54 Å². The molecule has 0 aliphatic carbocycles. The van der Waals surface area contributed by atoms with Gasteiger partial charge in [0.1, 0.15) is 5.75 Å². The lowest BCUT2D eigenvalue weighted by Gasteiger charge is -2.27. The molecule has 0 aromatic heterocycles. The molecule has 110 valence electrons. The van der Waals surface area contributed by atoms with Crippen molar-refractivity contribution in [1.82, 2.24) is 5.32 Å². The number of aryl methyl sites for hydroxylation is 1. The van der Waals surface area contributed by atoms with Crippen LogP contribution in [0, 0.1) is 19.4 Å². The zero-order valence-corrected chi connectivity index (χ0v) is 13.3. The highest BCUT2D eigenvalue weighted by Crippen LogP contribution is 2.40. The van der Waals surface area contributed by atoms with Crippen LogP contribution >= 0.6 is 0 Å². The molecule has 0 heterocycles. The van der Waals surface area contributed by atoms with Crippen molar-refractivity contribution in [2.24, 2.45) is 5.92 Å². The molecule has 0 amide bonds. The normalized spacial score (nSPS) is 13.8. The number of ether oxygens (including phenoxy) is 1. The predicted molar refractivity (Wildman–Crippen MR) is 84.0 cm³/mol. The summed E-state index contributed by atoms with van der Waals surface area (Å²) in [5.74, 6) is 1.13. The molecule has 1 N–H and O–H groups in total. The maximum Gasteiger partial charge on any atom is 0.259 e. The summed E-state index contributed by atoms with van der Waals surface area (Å²) in [5.41, 5.74) is 1.72. The van der Waals surface area contributed by atoms with Crippen LogP contribution in [-0.4, -0.2) is 20.7 Å². The van der Waals surface area contributed by atoms with Crippen LogP contribution < -0.4 is 10.1 Å². The van der Waals surface area contributed by atoms with Gasteiger partial charge in [-0.2, -0.15) is 0 Å². The Morgan fingerprint density at radius 2 is 2.10 bits per heavy atom. The fourth-order valence-corrected chi connectivity index (χ4v) is 2.64. The van der Waals surface area contributed by atoms with E-state index in [0.717, 1.165) is 36.3 Å². The van der Waals surface area contributed by atoms with Gasteiger partial charge in [-0.05, 0) is 38.6 Å². The first kappa shape index (κ1) is 16.5. The van der Waals surface area contributed by atoms with Gasteiger partial charge in [-0.3, -0.25) is 0 Å². The Hall–Kier alpha value is -1.53. The largest absolute Gasteiger partial charge is 0.496 e. The van der Waals surface area contributed by atoms with E-state index < -0.39 is 5.54 Å². The molecular formula is C17H26N2O. The summed E-state index contributed by atoms with van der Waals surface area (Å²) in [4.78, 5) is 4.03. The first-order chi connectivity index (χ1) is 9.51. The highest BCUT2D eigenvalue weighted by Gasteiger charge is 2.42. The second kappa shape index (κ2) is 7.31. The fraction of sp³-hybridized carbons (Fsp3) is 0.588. The van der Waals surface area contributed by atoms with Crippen LogP contribution in [0.25, 0.3) is 4.85 Å². The van der Waals surface area contributed by atoms with Crippen LogP contribution in [0.4, 0.5) is 0 Å². The van der Waals surface area contributed by atoms with Gasteiger partial charge in [0.05, 0.1) is 7.11 Å². The average Bonchev–Trinajstić information content (AvgIpc) is 2.44. The Morgan fingerprint density at radius 3 is 2.60 bits per heavy atom. The lowest BCUT2D eigenvalue weighted by molar-refractivity contribution is 0.341. The second-order valence-electron chi connectivity index (χ2n) is 5.58. The summed E-state index contributed by atoms with van der Waals surface area (Å²) in [7, 11) is 3.63. The minimum absolute atomic E-state index is 0.268. The Kier molecular flexibility index (Phi) is 6.04. The predicted octanol–water partition coefficient (Wildman–Crippen LogP) is 3.77. The van der Waals surface area contributed by atoms with Gasteiger partial charge >= 0.3 is 0 Å². The minimum Gasteiger partial charge on any atom is -0.496 e. The Morgan fingerprint density at radius 1 is 1.40 bits per heavy atom. The summed E-state index contributed by atoms with van der Waals surface area (Å²) in [5, 5.41) is 3.16. The second-order valence-corrected chi connectivity index (χ2v) is 5.58. The summed E-state index contributed by atoms with van der Waals surface area (Å²) in [6.45, 7) is 15.0. The third kappa shape index (κ3) is 3.32.